The maximum Gasteiger partial charge on any atom is 0.304 e. The highest BCUT2D eigenvalue weighted by Gasteiger charge is 2.29. The van der Waals surface area contributed by atoms with Crippen molar-refractivity contribution in [2.75, 3.05) is 19.6 Å². The van der Waals surface area contributed by atoms with Gasteiger partial charge in [-0.1, -0.05) is 6.92 Å². The van der Waals surface area contributed by atoms with Crippen LogP contribution in [0.25, 0.3) is 0 Å². The third kappa shape index (κ3) is 3.76. The molecule has 0 bridgehead atoms. The highest BCUT2D eigenvalue weighted by molar-refractivity contribution is 5.66. The molecule has 1 aliphatic heterocycles. The van der Waals surface area contributed by atoms with Gasteiger partial charge in [-0.05, 0) is 25.2 Å². The van der Waals surface area contributed by atoms with Crippen LogP contribution in [-0.4, -0.2) is 47.7 Å². The van der Waals surface area contributed by atoms with Crippen LogP contribution in [0.15, 0.2) is 0 Å². The third-order valence-corrected chi connectivity index (χ3v) is 3.43. The SMILES string of the molecule is CC1CC(NC2CC2)CN(CCC(=O)O)C1. The second kappa shape index (κ2) is 5.15. The van der Waals surface area contributed by atoms with Gasteiger partial charge in [-0.2, -0.15) is 0 Å². The number of carboxylic acid groups (broad SMARTS) is 1. The van der Waals surface area contributed by atoms with Crippen LogP contribution < -0.4 is 5.32 Å². The average molecular weight is 226 g/mol. The zero-order chi connectivity index (χ0) is 11.5. The number of rotatable bonds is 5. The molecule has 2 N–H and O–H groups in total. The van der Waals surface area contributed by atoms with E-state index in [0.717, 1.165) is 19.1 Å². The number of carbonyl (C=O) groups is 1. The van der Waals surface area contributed by atoms with E-state index < -0.39 is 5.97 Å². The molecule has 0 aromatic heterocycles. The topological polar surface area (TPSA) is 52.6 Å². The standard InChI is InChI=1S/C12H22N2O2/c1-9-6-11(13-10-2-3-10)8-14(7-9)5-4-12(15)16/h9-11,13H,2-8H2,1H3,(H,15,16). The fraction of sp³-hybridized carbons (Fsp3) is 0.917. The second-order valence-electron chi connectivity index (χ2n) is 5.38. The van der Waals surface area contributed by atoms with E-state index in [4.69, 9.17) is 5.11 Å². The van der Waals surface area contributed by atoms with Crippen molar-refractivity contribution in [3.8, 4) is 0 Å². The molecular weight excluding hydrogens is 204 g/mol. The summed E-state index contributed by atoms with van der Waals surface area (Å²) in [6, 6.07) is 1.32. The lowest BCUT2D eigenvalue weighted by atomic mass is 9.95. The number of nitrogens with one attached hydrogen (secondary N) is 1. The molecule has 2 atom stereocenters. The molecule has 16 heavy (non-hydrogen) atoms. The van der Waals surface area contributed by atoms with Crippen molar-refractivity contribution in [2.24, 2.45) is 5.92 Å². The molecule has 2 rings (SSSR count). The summed E-state index contributed by atoms with van der Waals surface area (Å²) in [6.45, 7) is 5.03. The molecule has 2 unspecified atom stereocenters. The number of aliphatic carboxylic acids is 1. The Morgan fingerprint density at radius 3 is 2.75 bits per heavy atom. The first-order valence-corrected chi connectivity index (χ1v) is 6.33. The monoisotopic (exact) mass is 226 g/mol. The van der Waals surface area contributed by atoms with Gasteiger partial charge < -0.3 is 15.3 Å². The molecule has 1 aliphatic carbocycles. The Hall–Kier alpha value is -0.610. The molecule has 0 radical (unpaired) electrons. The lowest BCUT2D eigenvalue weighted by Gasteiger charge is -2.36. The molecule has 1 saturated carbocycles. The van der Waals surface area contributed by atoms with Gasteiger partial charge in [0.2, 0.25) is 0 Å². The number of carboxylic acids is 1. The Kier molecular flexibility index (Phi) is 3.82. The summed E-state index contributed by atoms with van der Waals surface area (Å²) >= 11 is 0. The summed E-state index contributed by atoms with van der Waals surface area (Å²) in [5.41, 5.74) is 0. The minimum absolute atomic E-state index is 0.267. The molecule has 4 nitrogen and oxygen atoms in total. The van der Waals surface area contributed by atoms with Gasteiger partial charge in [-0.25, -0.2) is 0 Å². The lowest BCUT2D eigenvalue weighted by molar-refractivity contribution is -0.137. The summed E-state index contributed by atoms with van der Waals surface area (Å²) in [4.78, 5) is 12.8. The number of nitrogens with zero attached hydrogens (tertiary/aromatic N) is 1. The van der Waals surface area contributed by atoms with E-state index in [1.165, 1.54) is 19.3 Å². The van der Waals surface area contributed by atoms with E-state index in [1.54, 1.807) is 0 Å². The average Bonchev–Trinajstić information content (AvgIpc) is 2.98. The first-order chi connectivity index (χ1) is 7.63. The van der Waals surface area contributed by atoms with E-state index in [2.05, 4.69) is 17.1 Å². The molecule has 0 aromatic rings. The second-order valence-corrected chi connectivity index (χ2v) is 5.38. The summed E-state index contributed by atoms with van der Waals surface area (Å²) in [6.07, 6.45) is 4.14. The first-order valence-electron chi connectivity index (χ1n) is 6.33. The molecular formula is C12H22N2O2. The van der Waals surface area contributed by atoms with Gasteiger partial charge in [0.25, 0.3) is 0 Å². The van der Waals surface area contributed by atoms with Crippen LogP contribution in [0.2, 0.25) is 0 Å². The number of piperidine rings is 1. The van der Waals surface area contributed by atoms with Crippen molar-refractivity contribution >= 4 is 5.97 Å². The van der Waals surface area contributed by atoms with E-state index in [1.807, 2.05) is 0 Å². The van der Waals surface area contributed by atoms with Gasteiger partial charge in [-0.3, -0.25) is 4.79 Å². The highest BCUT2D eigenvalue weighted by atomic mass is 16.4. The van der Waals surface area contributed by atoms with Crippen molar-refractivity contribution < 1.29 is 9.90 Å². The van der Waals surface area contributed by atoms with Gasteiger partial charge in [0.05, 0.1) is 6.42 Å². The number of hydrogen-bond donors (Lipinski definition) is 2. The maximum absolute atomic E-state index is 10.6. The third-order valence-electron chi connectivity index (χ3n) is 3.43. The summed E-state index contributed by atoms with van der Waals surface area (Å²) < 4.78 is 0. The minimum atomic E-state index is -0.690. The van der Waals surface area contributed by atoms with Gasteiger partial charge in [0, 0.05) is 31.7 Å². The Balaban J connectivity index is 1.76. The summed E-state index contributed by atoms with van der Waals surface area (Å²) in [7, 11) is 0. The molecule has 0 spiro atoms. The normalized spacial score (nSPS) is 31.6. The van der Waals surface area contributed by atoms with Crippen molar-refractivity contribution in [1.82, 2.24) is 10.2 Å². The van der Waals surface area contributed by atoms with E-state index in [9.17, 15) is 4.79 Å². The van der Waals surface area contributed by atoms with Crippen molar-refractivity contribution in [2.45, 2.75) is 44.7 Å². The van der Waals surface area contributed by atoms with Gasteiger partial charge in [0.1, 0.15) is 0 Å². The van der Waals surface area contributed by atoms with Crippen LogP contribution in [0.5, 0.6) is 0 Å². The quantitative estimate of drug-likeness (QED) is 0.732. The molecule has 2 fully saturated rings. The minimum Gasteiger partial charge on any atom is -0.481 e. The Bertz CT molecular complexity index is 251. The van der Waals surface area contributed by atoms with Crippen LogP contribution in [0.4, 0.5) is 0 Å². The maximum atomic E-state index is 10.6. The number of likely N-dealkylation sites (tertiary alicyclic amines) is 1. The Morgan fingerprint density at radius 2 is 2.12 bits per heavy atom. The molecule has 1 saturated heterocycles. The molecule has 92 valence electrons. The smallest absolute Gasteiger partial charge is 0.304 e. The van der Waals surface area contributed by atoms with Gasteiger partial charge in [-0.15, -0.1) is 0 Å². The van der Waals surface area contributed by atoms with Crippen LogP contribution in [-0.2, 0) is 4.79 Å². The van der Waals surface area contributed by atoms with Gasteiger partial charge >= 0.3 is 5.97 Å². The first kappa shape index (κ1) is 11.9. The largest absolute Gasteiger partial charge is 0.481 e. The summed E-state index contributed by atoms with van der Waals surface area (Å²) in [5, 5.41) is 12.3. The van der Waals surface area contributed by atoms with Crippen LogP contribution in [0.3, 0.4) is 0 Å². The van der Waals surface area contributed by atoms with Crippen LogP contribution in [0.1, 0.15) is 32.6 Å². The van der Waals surface area contributed by atoms with Crippen LogP contribution in [0, 0.1) is 5.92 Å². The number of hydrogen-bond acceptors (Lipinski definition) is 3. The summed E-state index contributed by atoms with van der Waals surface area (Å²) in [5.74, 6) is -0.0104. The molecule has 2 aliphatic rings. The van der Waals surface area contributed by atoms with Crippen molar-refractivity contribution in [3.05, 3.63) is 0 Å². The van der Waals surface area contributed by atoms with Crippen molar-refractivity contribution in [1.29, 1.82) is 0 Å². The zero-order valence-electron chi connectivity index (χ0n) is 9.98. The zero-order valence-corrected chi connectivity index (χ0v) is 9.98. The Labute approximate surface area is 97.0 Å². The van der Waals surface area contributed by atoms with Crippen molar-refractivity contribution in [3.63, 3.8) is 0 Å². The predicted octanol–water partition coefficient (Wildman–Crippen LogP) is 0.923. The molecule has 1 heterocycles. The molecule has 0 aromatic carbocycles. The predicted molar refractivity (Wildman–Crippen MR) is 62.4 cm³/mol. The van der Waals surface area contributed by atoms with Crippen LogP contribution >= 0.6 is 0 Å². The molecule has 0 amide bonds. The highest BCUT2D eigenvalue weighted by Crippen LogP contribution is 2.23. The lowest BCUT2D eigenvalue weighted by Crippen LogP contribution is -2.49. The van der Waals surface area contributed by atoms with Gasteiger partial charge in [0.15, 0.2) is 0 Å². The van der Waals surface area contributed by atoms with E-state index in [0.29, 0.717) is 18.5 Å². The van der Waals surface area contributed by atoms with E-state index >= 15 is 0 Å². The molecule has 4 heteroatoms. The Morgan fingerprint density at radius 1 is 1.38 bits per heavy atom. The van der Waals surface area contributed by atoms with E-state index in [-0.39, 0.29) is 6.42 Å². The fourth-order valence-electron chi connectivity index (χ4n) is 2.60. The fourth-order valence-corrected chi connectivity index (χ4v) is 2.60.